The molecule has 2 rings (SSSR count). The molecule has 0 aliphatic carbocycles. The van der Waals surface area contributed by atoms with Crippen LogP contribution in [0.2, 0.25) is 0 Å². The van der Waals surface area contributed by atoms with E-state index in [1.54, 1.807) is 14.2 Å². The van der Waals surface area contributed by atoms with Crippen molar-refractivity contribution in [1.29, 1.82) is 5.26 Å². The second kappa shape index (κ2) is 10.1. The molecule has 0 N–H and O–H groups in total. The van der Waals surface area contributed by atoms with Crippen molar-refractivity contribution in [1.82, 2.24) is 9.80 Å². The third kappa shape index (κ3) is 5.38. The van der Waals surface area contributed by atoms with Crippen LogP contribution in [0.15, 0.2) is 18.2 Å². The predicted octanol–water partition coefficient (Wildman–Crippen LogP) is 1.75. The van der Waals surface area contributed by atoms with Gasteiger partial charge in [-0.15, -0.1) is 0 Å². The van der Waals surface area contributed by atoms with Gasteiger partial charge in [-0.3, -0.25) is 9.80 Å². The summed E-state index contributed by atoms with van der Waals surface area (Å²) in [6.07, 6.45) is 0.605. The summed E-state index contributed by atoms with van der Waals surface area (Å²) in [6.45, 7) is 6.78. The zero-order chi connectivity index (χ0) is 17.2. The van der Waals surface area contributed by atoms with Gasteiger partial charge in [0.15, 0.2) is 11.5 Å². The molecule has 1 fully saturated rings. The highest BCUT2D eigenvalue weighted by Gasteiger charge is 2.19. The van der Waals surface area contributed by atoms with Gasteiger partial charge in [-0.05, 0) is 6.07 Å². The molecule has 0 unspecified atom stereocenters. The summed E-state index contributed by atoms with van der Waals surface area (Å²) in [7, 11) is 3.33. The second-order valence-corrected chi connectivity index (χ2v) is 5.82. The van der Waals surface area contributed by atoms with Crippen LogP contribution in [0.25, 0.3) is 0 Å². The van der Waals surface area contributed by atoms with Gasteiger partial charge in [0.1, 0.15) is 6.61 Å². The minimum atomic E-state index is 0.506. The Morgan fingerprint density at radius 1 is 1.08 bits per heavy atom. The molecule has 24 heavy (non-hydrogen) atoms. The maximum Gasteiger partial charge on any atom is 0.165 e. The van der Waals surface area contributed by atoms with Crippen molar-refractivity contribution in [3.8, 4) is 17.6 Å². The van der Waals surface area contributed by atoms with E-state index in [-0.39, 0.29) is 0 Å². The number of benzene rings is 1. The molecule has 1 aromatic carbocycles. The van der Waals surface area contributed by atoms with Crippen LogP contribution in [0, 0.1) is 11.3 Å². The van der Waals surface area contributed by atoms with Crippen molar-refractivity contribution in [3.63, 3.8) is 0 Å². The van der Waals surface area contributed by atoms with Gasteiger partial charge in [0.05, 0.1) is 19.8 Å². The van der Waals surface area contributed by atoms with Gasteiger partial charge < -0.3 is 14.2 Å². The molecule has 0 bridgehead atoms. The first-order valence-electron chi connectivity index (χ1n) is 8.37. The molecule has 1 heterocycles. The maximum atomic E-state index is 8.69. The SMILES string of the molecule is COCCOc1c(CN2CCN(CCC#N)CC2)cccc1OC. The first-order chi connectivity index (χ1) is 11.8. The van der Waals surface area contributed by atoms with Crippen molar-refractivity contribution in [2.45, 2.75) is 13.0 Å². The number of nitrogens with zero attached hydrogens (tertiary/aromatic N) is 3. The Morgan fingerprint density at radius 3 is 2.50 bits per heavy atom. The summed E-state index contributed by atoms with van der Waals surface area (Å²) in [4.78, 5) is 4.77. The number of nitriles is 1. The summed E-state index contributed by atoms with van der Waals surface area (Å²) in [5.41, 5.74) is 1.14. The Bertz CT molecular complexity index is 537. The van der Waals surface area contributed by atoms with Crippen LogP contribution in [0.3, 0.4) is 0 Å². The molecule has 1 saturated heterocycles. The Kier molecular flexibility index (Phi) is 7.83. The Labute approximate surface area is 144 Å². The largest absolute Gasteiger partial charge is 0.493 e. The summed E-state index contributed by atoms with van der Waals surface area (Å²) in [6, 6.07) is 8.23. The first-order valence-corrected chi connectivity index (χ1v) is 8.37. The molecule has 1 aromatic rings. The third-order valence-electron chi connectivity index (χ3n) is 4.21. The minimum absolute atomic E-state index is 0.506. The summed E-state index contributed by atoms with van der Waals surface area (Å²) in [5.74, 6) is 1.57. The van der Waals surface area contributed by atoms with Crippen LogP contribution in [0.1, 0.15) is 12.0 Å². The van der Waals surface area contributed by atoms with Gasteiger partial charge in [-0.1, -0.05) is 12.1 Å². The molecule has 0 saturated carbocycles. The number of para-hydroxylation sites is 1. The van der Waals surface area contributed by atoms with Gasteiger partial charge in [-0.25, -0.2) is 0 Å². The number of ether oxygens (including phenoxy) is 3. The second-order valence-electron chi connectivity index (χ2n) is 5.82. The molecule has 0 atom stereocenters. The zero-order valence-corrected chi connectivity index (χ0v) is 14.7. The van der Waals surface area contributed by atoms with Gasteiger partial charge in [0, 0.05) is 58.4 Å². The van der Waals surface area contributed by atoms with E-state index in [0.29, 0.717) is 19.6 Å². The molecule has 132 valence electrons. The van der Waals surface area contributed by atoms with Crippen LogP contribution >= 0.6 is 0 Å². The van der Waals surface area contributed by atoms with Crippen molar-refractivity contribution < 1.29 is 14.2 Å². The number of hydrogen-bond acceptors (Lipinski definition) is 6. The van der Waals surface area contributed by atoms with Gasteiger partial charge in [0.25, 0.3) is 0 Å². The van der Waals surface area contributed by atoms with Crippen molar-refractivity contribution in [2.24, 2.45) is 0 Å². The van der Waals surface area contributed by atoms with E-state index in [9.17, 15) is 0 Å². The van der Waals surface area contributed by atoms with Crippen LogP contribution in [-0.2, 0) is 11.3 Å². The topological polar surface area (TPSA) is 58.0 Å². The highest BCUT2D eigenvalue weighted by atomic mass is 16.5. The average molecular weight is 333 g/mol. The van der Waals surface area contributed by atoms with E-state index in [2.05, 4.69) is 21.9 Å². The Hall–Kier alpha value is -1.81. The third-order valence-corrected chi connectivity index (χ3v) is 4.21. The lowest BCUT2D eigenvalue weighted by Crippen LogP contribution is -2.46. The van der Waals surface area contributed by atoms with Crippen LogP contribution in [-0.4, -0.2) is 70.0 Å². The van der Waals surface area contributed by atoms with E-state index < -0.39 is 0 Å². The highest BCUT2D eigenvalue weighted by molar-refractivity contribution is 5.46. The Morgan fingerprint density at radius 2 is 1.83 bits per heavy atom. The maximum absolute atomic E-state index is 8.69. The highest BCUT2D eigenvalue weighted by Crippen LogP contribution is 2.32. The van der Waals surface area contributed by atoms with Gasteiger partial charge >= 0.3 is 0 Å². The molecule has 0 aromatic heterocycles. The van der Waals surface area contributed by atoms with Crippen molar-refractivity contribution >= 4 is 0 Å². The average Bonchev–Trinajstić information content (AvgIpc) is 2.62. The summed E-state index contributed by atoms with van der Waals surface area (Å²) < 4.78 is 16.4. The molecule has 0 radical (unpaired) electrons. The van der Waals surface area contributed by atoms with Crippen molar-refractivity contribution in [3.05, 3.63) is 23.8 Å². The van der Waals surface area contributed by atoms with Crippen LogP contribution in [0.4, 0.5) is 0 Å². The lowest BCUT2D eigenvalue weighted by Gasteiger charge is -2.34. The van der Waals surface area contributed by atoms with Crippen LogP contribution in [0.5, 0.6) is 11.5 Å². The molecular formula is C18H27N3O3. The van der Waals surface area contributed by atoms with Crippen molar-refractivity contribution in [2.75, 3.05) is 60.2 Å². The summed E-state index contributed by atoms with van der Waals surface area (Å²) in [5, 5.41) is 8.69. The van der Waals surface area contributed by atoms with E-state index >= 15 is 0 Å². The lowest BCUT2D eigenvalue weighted by atomic mass is 10.1. The van der Waals surface area contributed by atoms with Crippen LogP contribution < -0.4 is 9.47 Å². The molecule has 6 nitrogen and oxygen atoms in total. The van der Waals surface area contributed by atoms with E-state index in [4.69, 9.17) is 19.5 Å². The molecule has 0 spiro atoms. The fraction of sp³-hybridized carbons (Fsp3) is 0.611. The molecule has 0 amide bonds. The smallest absolute Gasteiger partial charge is 0.165 e. The fourth-order valence-electron chi connectivity index (χ4n) is 2.86. The fourth-order valence-corrected chi connectivity index (χ4v) is 2.86. The molecule has 6 heteroatoms. The number of hydrogen-bond donors (Lipinski definition) is 0. The first kappa shape index (κ1) is 18.5. The van der Waals surface area contributed by atoms with E-state index in [1.807, 2.05) is 12.1 Å². The van der Waals surface area contributed by atoms with E-state index in [1.165, 1.54) is 0 Å². The Balaban J connectivity index is 1.95. The molecular weight excluding hydrogens is 306 g/mol. The standard InChI is InChI=1S/C18H27N3O3/c1-22-13-14-24-18-16(5-3-6-17(18)23-2)15-21-11-9-20(10-12-21)8-4-7-19/h3,5-6H,4,8-15H2,1-2H3. The normalized spacial score (nSPS) is 15.9. The predicted molar refractivity (Wildman–Crippen MR) is 92.3 cm³/mol. The molecule has 1 aliphatic heterocycles. The number of piperazine rings is 1. The van der Waals surface area contributed by atoms with Gasteiger partial charge in [-0.2, -0.15) is 5.26 Å². The quantitative estimate of drug-likeness (QED) is 0.642. The number of methoxy groups -OCH3 is 2. The summed E-state index contributed by atoms with van der Waals surface area (Å²) >= 11 is 0. The van der Waals surface area contributed by atoms with Gasteiger partial charge in [0.2, 0.25) is 0 Å². The van der Waals surface area contributed by atoms with E-state index in [0.717, 1.165) is 56.3 Å². The monoisotopic (exact) mass is 333 g/mol. The minimum Gasteiger partial charge on any atom is -0.493 e. The molecule has 1 aliphatic rings. The number of rotatable bonds is 9. The lowest BCUT2D eigenvalue weighted by molar-refractivity contribution is 0.124. The zero-order valence-electron chi connectivity index (χ0n) is 14.7.